The van der Waals surface area contributed by atoms with Crippen LogP contribution in [0.5, 0.6) is 0 Å². The molecule has 0 radical (unpaired) electrons. The van der Waals surface area contributed by atoms with E-state index in [-0.39, 0.29) is 5.91 Å². The molecule has 4 heteroatoms. The second kappa shape index (κ2) is 8.11. The van der Waals surface area contributed by atoms with Crippen LogP contribution in [0.15, 0.2) is 60.7 Å². The monoisotopic (exact) mass is 385 g/mol. The number of hydrogen-bond acceptors (Lipinski definition) is 1. The lowest BCUT2D eigenvalue weighted by atomic mass is 10.1. The van der Waals surface area contributed by atoms with Crippen LogP contribution in [0.4, 0.5) is 5.69 Å². The smallest absolute Gasteiger partial charge is 0.259 e. The van der Waals surface area contributed by atoms with Gasteiger partial charge in [-0.05, 0) is 53.4 Å². The normalized spacial score (nSPS) is 11.1. The molecular weight excluding hydrogens is 365 g/mol. The maximum absolute atomic E-state index is 13.2. The van der Waals surface area contributed by atoms with Crippen molar-refractivity contribution in [3.63, 3.8) is 0 Å². The molecule has 0 saturated heterocycles. The molecule has 0 saturated carbocycles. The average molecular weight is 386 g/mol. The van der Waals surface area contributed by atoms with Crippen LogP contribution in [0.1, 0.15) is 30.6 Å². The zero-order valence-corrected chi connectivity index (χ0v) is 16.4. The van der Waals surface area contributed by atoms with Crippen molar-refractivity contribution >= 4 is 45.6 Å². The van der Waals surface area contributed by atoms with Gasteiger partial charge < -0.3 is 4.90 Å². The van der Waals surface area contributed by atoms with Crippen LogP contribution in [0.3, 0.4) is 0 Å². The van der Waals surface area contributed by atoms with E-state index in [0.717, 1.165) is 22.9 Å². The Morgan fingerprint density at radius 1 is 0.962 bits per heavy atom. The highest BCUT2D eigenvalue weighted by molar-refractivity contribution is 6.37. The van der Waals surface area contributed by atoms with E-state index < -0.39 is 0 Å². The first-order valence-corrected chi connectivity index (χ1v) is 9.47. The van der Waals surface area contributed by atoms with E-state index in [1.807, 2.05) is 29.2 Å². The van der Waals surface area contributed by atoms with E-state index in [2.05, 4.69) is 32.0 Å². The van der Waals surface area contributed by atoms with E-state index in [9.17, 15) is 4.79 Å². The molecule has 0 bridgehead atoms. The van der Waals surface area contributed by atoms with Crippen molar-refractivity contribution in [1.82, 2.24) is 0 Å². The maximum Gasteiger partial charge on any atom is 0.259 e. The summed E-state index contributed by atoms with van der Waals surface area (Å²) in [6.45, 7) is 4.93. The number of benzene rings is 3. The van der Waals surface area contributed by atoms with Crippen LogP contribution in [-0.4, -0.2) is 12.5 Å². The zero-order chi connectivity index (χ0) is 18.7. The van der Waals surface area contributed by atoms with Crippen LogP contribution in [0, 0.1) is 5.92 Å². The van der Waals surface area contributed by atoms with Crippen LogP contribution >= 0.6 is 23.2 Å². The standard InChI is InChI=1S/C22H21Cl2NO/c1-15(2)11-12-25(22(26)20-10-8-18(23)14-21(20)24)19-9-7-16-5-3-4-6-17(16)13-19/h3-10,13-15H,11-12H2,1-2H3. The first kappa shape index (κ1) is 18.8. The van der Waals surface area contributed by atoms with Gasteiger partial charge in [0.1, 0.15) is 0 Å². The molecule has 0 aromatic heterocycles. The van der Waals surface area contributed by atoms with E-state index in [1.54, 1.807) is 18.2 Å². The molecule has 0 spiro atoms. The quantitative estimate of drug-likeness (QED) is 0.470. The van der Waals surface area contributed by atoms with E-state index in [4.69, 9.17) is 23.2 Å². The summed E-state index contributed by atoms with van der Waals surface area (Å²) in [5.74, 6) is 0.383. The van der Waals surface area contributed by atoms with Crippen LogP contribution < -0.4 is 4.90 Å². The Morgan fingerprint density at radius 2 is 1.69 bits per heavy atom. The molecule has 26 heavy (non-hydrogen) atoms. The van der Waals surface area contributed by atoms with Crippen molar-refractivity contribution in [2.75, 3.05) is 11.4 Å². The minimum Gasteiger partial charge on any atom is -0.308 e. The summed E-state index contributed by atoms with van der Waals surface area (Å²) in [7, 11) is 0. The molecule has 0 aliphatic rings. The van der Waals surface area contributed by atoms with E-state index >= 15 is 0 Å². The molecule has 3 rings (SSSR count). The van der Waals surface area contributed by atoms with Gasteiger partial charge in [-0.2, -0.15) is 0 Å². The molecule has 1 amide bonds. The van der Waals surface area contributed by atoms with Crippen molar-refractivity contribution in [2.24, 2.45) is 5.92 Å². The Hall–Kier alpha value is -2.03. The summed E-state index contributed by atoms with van der Waals surface area (Å²) in [6, 6.07) is 19.2. The van der Waals surface area contributed by atoms with Gasteiger partial charge in [0.15, 0.2) is 0 Å². The van der Waals surface area contributed by atoms with Crippen molar-refractivity contribution in [3.05, 3.63) is 76.3 Å². The third-order valence-electron chi connectivity index (χ3n) is 4.38. The first-order valence-electron chi connectivity index (χ1n) is 8.71. The van der Waals surface area contributed by atoms with E-state index in [1.165, 1.54) is 0 Å². The summed E-state index contributed by atoms with van der Waals surface area (Å²) >= 11 is 12.3. The highest BCUT2D eigenvalue weighted by Crippen LogP contribution is 2.27. The summed E-state index contributed by atoms with van der Waals surface area (Å²) in [4.78, 5) is 15.0. The number of nitrogens with zero attached hydrogens (tertiary/aromatic N) is 1. The summed E-state index contributed by atoms with van der Waals surface area (Å²) in [6.07, 6.45) is 0.907. The second-order valence-corrected chi connectivity index (χ2v) is 7.64. The number of rotatable bonds is 5. The Morgan fingerprint density at radius 3 is 2.38 bits per heavy atom. The third-order valence-corrected chi connectivity index (χ3v) is 4.93. The molecular formula is C22H21Cl2NO. The summed E-state index contributed by atoms with van der Waals surface area (Å²) in [5, 5.41) is 3.15. The largest absolute Gasteiger partial charge is 0.308 e. The Balaban J connectivity index is 2.01. The Labute approximate surface area is 164 Å². The minimum absolute atomic E-state index is 0.109. The molecule has 0 heterocycles. The highest BCUT2D eigenvalue weighted by Gasteiger charge is 2.21. The molecule has 0 atom stereocenters. The lowest BCUT2D eigenvalue weighted by Crippen LogP contribution is -2.32. The SMILES string of the molecule is CC(C)CCN(C(=O)c1ccc(Cl)cc1Cl)c1ccc2ccccc2c1. The molecule has 2 nitrogen and oxygen atoms in total. The van der Waals surface area contributed by atoms with Crippen molar-refractivity contribution < 1.29 is 4.79 Å². The molecule has 0 aliphatic carbocycles. The van der Waals surface area contributed by atoms with Crippen LogP contribution in [0.2, 0.25) is 10.0 Å². The minimum atomic E-state index is -0.109. The fourth-order valence-electron chi connectivity index (χ4n) is 2.89. The van der Waals surface area contributed by atoms with Gasteiger partial charge >= 0.3 is 0 Å². The van der Waals surface area contributed by atoms with Crippen molar-refractivity contribution in [2.45, 2.75) is 20.3 Å². The van der Waals surface area contributed by atoms with Crippen molar-refractivity contribution in [3.8, 4) is 0 Å². The number of halogens is 2. The number of carbonyl (C=O) groups is 1. The van der Waals surface area contributed by atoms with Gasteiger partial charge in [0, 0.05) is 17.3 Å². The molecule has 0 unspecified atom stereocenters. The maximum atomic E-state index is 13.2. The van der Waals surface area contributed by atoms with Crippen molar-refractivity contribution in [1.29, 1.82) is 0 Å². The van der Waals surface area contributed by atoms with Gasteiger partial charge in [0.25, 0.3) is 5.91 Å². The average Bonchev–Trinajstić information content (AvgIpc) is 2.61. The van der Waals surface area contributed by atoms with Crippen LogP contribution in [-0.2, 0) is 0 Å². The predicted molar refractivity (Wildman–Crippen MR) is 112 cm³/mol. The zero-order valence-electron chi connectivity index (χ0n) is 14.9. The van der Waals surface area contributed by atoms with Gasteiger partial charge in [-0.15, -0.1) is 0 Å². The molecule has 3 aromatic rings. The van der Waals surface area contributed by atoms with Gasteiger partial charge in [-0.1, -0.05) is 67.4 Å². The van der Waals surface area contributed by atoms with E-state index in [0.29, 0.717) is 28.1 Å². The Bertz CT molecular complexity index is 936. The van der Waals surface area contributed by atoms with Gasteiger partial charge in [0.2, 0.25) is 0 Å². The van der Waals surface area contributed by atoms with Crippen LogP contribution in [0.25, 0.3) is 10.8 Å². The number of carbonyl (C=O) groups excluding carboxylic acids is 1. The molecule has 0 N–H and O–H groups in total. The molecule has 3 aromatic carbocycles. The highest BCUT2D eigenvalue weighted by atomic mass is 35.5. The van der Waals surface area contributed by atoms with Gasteiger partial charge in [0.05, 0.1) is 10.6 Å². The first-order chi connectivity index (χ1) is 12.5. The topological polar surface area (TPSA) is 20.3 Å². The predicted octanol–water partition coefficient (Wildman–Crippen LogP) is 6.84. The lowest BCUT2D eigenvalue weighted by molar-refractivity contribution is 0.0986. The number of anilines is 1. The molecule has 0 fully saturated rings. The number of hydrogen-bond donors (Lipinski definition) is 0. The number of amides is 1. The fraction of sp³-hybridized carbons (Fsp3) is 0.227. The molecule has 134 valence electrons. The fourth-order valence-corrected chi connectivity index (χ4v) is 3.38. The lowest BCUT2D eigenvalue weighted by Gasteiger charge is -2.25. The molecule has 0 aliphatic heterocycles. The third kappa shape index (κ3) is 4.20. The number of fused-ring (bicyclic) bond motifs is 1. The van der Waals surface area contributed by atoms with Gasteiger partial charge in [-0.3, -0.25) is 4.79 Å². The Kier molecular flexibility index (Phi) is 5.85. The second-order valence-electron chi connectivity index (χ2n) is 6.79. The van der Waals surface area contributed by atoms with Gasteiger partial charge in [-0.25, -0.2) is 0 Å². The summed E-state index contributed by atoms with van der Waals surface area (Å²) < 4.78 is 0. The summed E-state index contributed by atoms with van der Waals surface area (Å²) in [5.41, 5.74) is 1.34.